The number of fused-ring (bicyclic) bond motifs is 1. The van der Waals surface area contributed by atoms with Crippen molar-refractivity contribution < 1.29 is 23.1 Å². The Morgan fingerprint density at radius 2 is 1.83 bits per heavy atom. The Balaban J connectivity index is 1.46. The molecule has 152 valence electrons. The van der Waals surface area contributed by atoms with E-state index in [9.17, 15) is 18.4 Å². The first-order valence-corrected chi connectivity index (χ1v) is 9.23. The minimum atomic E-state index is -0.621. The molecule has 0 fully saturated rings. The van der Waals surface area contributed by atoms with Crippen molar-refractivity contribution in [1.29, 1.82) is 0 Å². The number of rotatable bonds is 6. The molecule has 1 aliphatic heterocycles. The lowest BCUT2D eigenvalue weighted by molar-refractivity contribution is -0.117. The van der Waals surface area contributed by atoms with Crippen LogP contribution in [0.25, 0.3) is 0 Å². The summed E-state index contributed by atoms with van der Waals surface area (Å²) >= 11 is 0. The fourth-order valence-electron chi connectivity index (χ4n) is 3.19. The quantitative estimate of drug-likeness (QED) is 0.641. The molecule has 1 aliphatic rings. The summed E-state index contributed by atoms with van der Waals surface area (Å²) in [4.78, 5) is 27.7. The zero-order chi connectivity index (χ0) is 21.1. The predicted molar refractivity (Wildman–Crippen MR) is 105 cm³/mol. The van der Waals surface area contributed by atoms with Crippen LogP contribution in [-0.2, 0) is 24.2 Å². The molecule has 30 heavy (non-hydrogen) atoms. The Kier molecular flexibility index (Phi) is 5.38. The molecule has 0 atom stereocenters. The maximum atomic E-state index is 14.6. The third kappa shape index (κ3) is 4.43. The van der Waals surface area contributed by atoms with E-state index in [1.54, 1.807) is 24.3 Å². The summed E-state index contributed by atoms with van der Waals surface area (Å²) in [7, 11) is 0. The lowest BCUT2D eigenvalue weighted by Gasteiger charge is -2.20. The largest absolute Gasteiger partial charge is 0.454 e. The van der Waals surface area contributed by atoms with Gasteiger partial charge in [0.2, 0.25) is 0 Å². The number of amides is 2. The van der Waals surface area contributed by atoms with Crippen molar-refractivity contribution in [3.63, 3.8) is 0 Å². The number of carbonyl (C=O) groups excluding carboxylic acids is 2. The van der Waals surface area contributed by atoms with Crippen LogP contribution < -0.4 is 15.4 Å². The topological polar surface area (TPSA) is 80.3 Å². The van der Waals surface area contributed by atoms with Gasteiger partial charge < -0.3 is 10.1 Å². The summed E-state index contributed by atoms with van der Waals surface area (Å²) < 4.78 is 33.5. The van der Waals surface area contributed by atoms with E-state index in [1.807, 2.05) is 0 Å². The molecule has 8 heteroatoms. The van der Waals surface area contributed by atoms with Gasteiger partial charge in [-0.3, -0.25) is 10.1 Å². The molecular formula is C22H17F2N3O3. The Hall–Kier alpha value is -3.81. The number of anilines is 1. The molecule has 0 aliphatic carbocycles. The van der Waals surface area contributed by atoms with Crippen LogP contribution in [0.4, 0.5) is 19.4 Å². The fourth-order valence-corrected chi connectivity index (χ4v) is 3.19. The number of halogens is 2. The molecule has 2 N–H and O–H groups in total. The summed E-state index contributed by atoms with van der Waals surface area (Å²) in [5, 5.41) is 5.17. The molecule has 0 radical (unpaired) electrons. The van der Waals surface area contributed by atoms with E-state index in [2.05, 4.69) is 15.6 Å². The van der Waals surface area contributed by atoms with Crippen LogP contribution in [0, 0.1) is 11.6 Å². The van der Waals surface area contributed by atoms with Crippen LogP contribution in [-0.4, -0.2) is 16.8 Å². The number of hydrogen-bond acceptors (Lipinski definition) is 4. The lowest BCUT2D eigenvalue weighted by atomic mass is 10.0. The predicted octanol–water partition coefficient (Wildman–Crippen LogP) is 4.14. The Bertz CT molecular complexity index is 1130. The van der Waals surface area contributed by atoms with Crippen LogP contribution in [0.2, 0.25) is 0 Å². The molecule has 0 bridgehead atoms. The van der Waals surface area contributed by atoms with Gasteiger partial charge in [-0.25, -0.2) is 18.6 Å². The van der Waals surface area contributed by atoms with Gasteiger partial charge in [0, 0.05) is 19.0 Å². The Morgan fingerprint density at radius 1 is 1.03 bits per heavy atom. The molecule has 0 unspecified atom stereocenters. The normalized spacial score (nSPS) is 12.5. The number of pyridine rings is 1. The zero-order valence-electron chi connectivity index (χ0n) is 15.7. The summed E-state index contributed by atoms with van der Waals surface area (Å²) in [6.45, 7) is 0.207. The maximum absolute atomic E-state index is 14.6. The molecule has 2 aromatic carbocycles. The van der Waals surface area contributed by atoms with Crippen molar-refractivity contribution in [3.8, 4) is 11.5 Å². The fraction of sp³-hybridized carbons (Fsp3) is 0.136. The van der Waals surface area contributed by atoms with E-state index in [1.165, 1.54) is 30.5 Å². The second-order valence-corrected chi connectivity index (χ2v) is 6.83. The molecule has 3 aromatic rings. The highest BCUT2D eigenvalue weighted by Gasteiger charge is 2.20. The number of urea groups is 1. The van der Waals surface area contributed by atoms with E-state index in [4.69, 9.17) is 4.74 Å². The standard InChI is InChI=1S/C22H17F2N3O3/c23-15-3-1-2-13(8-15)9-16(28)10-14-4-5-20(18(24)11-14)30-19-6-7-25-21-17(19)12-26-22(29)27-21/h1-8,11H,9-10,12H2,(H2,25,26,27,29). The monoisotopic (exact) mass is 409 g/mol. The van der Waals surface area contributed by atoms with Crippen molar-refractivity contribution >= 4 is 17.6 Å². The SMILES string of the molecule is O=C(Cc1cccc(F)c1)Cc1ccc(Oc2ccnc3c2CNC(=O)N3)c(F)c1. The number of carbonyl (C=O) groups is 2. The van der Waals surface area contributed by atoms with Crippen LogP contribution in [0.3, 0.4) is 0 Å². The Morgan fingerprint density at radius 3 is 2.60 bits per heavy atom. The third-order valence-electron chi connectivity index (χ3n) is 4.58. The van der Waals surface area contributed by atoms with Crippen molar-refractivity contribution in [3.05, 3.63) is 83.1 Å². The lowest BCUT2D eigenvalue weighted by Crippen LogP contribution is -2.34. The van der Waals surface area contributed by atoms with Crippen LogP contribution >= 0.6 is 0 Å². The molecule has 2 heterocycles. The van der Waals surface area contributed by atoms with Gasteiger partial charge in [-0.15, -0.1) is 0 Å². The van der Waals surface area contributed by atoms with Gasteiger partial charge in [-0.05, 0) is 41.5 Å². The van der Waals surface area contributed by atoms with Gasteiger partial charge in [0.25, 0.3) is 0 Å². The van der Waals surface area contributed by atoms with Crippen molar-refractivity contribution in [2.45, 2.75) is 19.4 Å². The van der Waals surface area contributed by atoms with Crippen molar-refractivity contribution in [2.75, 3.05) is 5.32 Å². The van der Waals surface area contributed by atoms with Crippen molar-refractivity contribution in [2.24, 2.45) is 0 Å². The van der Waals surface area contributed by atoms with Crippen LogP contribution in [0.5, 0.6) is 11.5 Å². The molecule has 0 spiro atoms. The van der Waals surface area contributed by atoms with Gasteiger partial charge in [-0.1, -0.05) is 18.2 Å². The van der Waals surface area contributed by atoms with Gasteiger partial charge >= 0.3 is 6.03 Å². The minimum Gasteiger partial charge on any atom is -0.454 e. The highest BCUT2D eigenvalue weighted by atomic mass is 19.1. The minimum absolute atomic E-state index is 0.0124. The highest BCUT2D eigenvalue weighted by molar-refractivity contribution is 5.91. The van der Waals surface area contributed by atoms with E-state index in [-0.39, 0.29) is 37.0 Å². The highest BCUT2D eigenvalue weighted by Crippen LogP contribution is 2.32. The van der Waals surface area contributed by atoms with Crippen LogP contribution in [0.15, 0.2) is 54.7 Å². The maximum Gasteiger partial charge on any atom is 0.320 e. The average Bonchev–Trinajstić information content (AvgIpc) is 2.70. The van der Waals surface area contributed by atoms with E-state index in [0.717, 1.165) is 0 Å². The molecule has 0 saturated heterocycles. The first-order valence-electron chi connectivity index (χ1n) is 9.23. The number of aromatic nitrogens is 1. The number of nitrogens with one attached hydrogen (secondary N) is 2. The number of benzene rings is 2. The number of nitrogens with zero attached hydrogens (tertiary/aromatic N) is 1. The summed E-state index contributed by atoms with van der Waals surface area (Å²) in [6.07, 6.45) is 1.55. The first-order chi connectivity index (χ1) is 14.5. The molecule has 1 aromatic heterocycles. The van der Waals surface area contributed by atoms with Crippen molar-refractivity contribution in [1.82, 2.24) is 10.3 Å². The molecule has 6 nitrogen and oxygen atoms in total. The third-order valence-corrected chi connectivity index (χ3v) is 4.58. The number of ether oxygens (including phenoxy) is 1. The van der Waals surface area contributed by atoms with Crippen LogP contribution in [0.1, 0.15) is 16.7 Å². The van der Waals surface area contributed by atoms with E-state index < -0.39 is 11.6 Å². The van der Waals surface area contributed by atoms with Gasteiger partial charge in [0.15, 0.2) is 11.6 Å². The second-order valence-electron chi connectivity index (χ2n) is 6.83. The summed E-state index contributed by atoms with van der Waals surface area (Å²) in [5.41, 5.74) is 1.67. The molecular weight excluding hydrogens is 392 g/mol. The smallest absolute Gasteiger partial charge is 0.320 e. The summed E-state index contributed by atoms with van der Waals surface area (Å²) in [5.74, 6) is -0.469. The first kappa shape index (κ1) is 19.5. The van der Waals surface area contributed by atoms with E-state index in [0.29, 0.717) is 28.3 Å². The van der Waals surface area contributed by atoms with Gasteiger partial charge in [0.1, 0.15) is 23.2 Å². The van der Waals surface area contributed by atoms with Gasteiger partial charge in [-0.2, -0.15) is 0 Å². The average molecular weight is 409 g/mol. The number of Topliss-reactive ketones (excluding diaryl/α,β-unsaturated/α-hetero) is 1. The summed E-state index contributed by atoms with van der Waals surface area (Å²) in [6, 6.07) is 11.3. The molecule has 2 amide bonds. The zero-order valence-corrected chi connectivity index (χ0v) is 15.7. The number of hydrogen-bond donors (Lipinski definition) is 2. The van der Waals surface area contributed by atoms with E-state index >= 15 is 0 Å². The second kappa shape index (κ2) is 8.28. The Labute approximate surface area is 170 Å². The van der Waals surface area contributed by atoms with Gasteiger partial charge in [0.05, 0.1) is 12.1 Å². The number of ketones is 1. The molecule has 4 rings (SSSR count). The molecule has 0 saturated carbocycles.